The fourth-order valence-corrected chi connectivity index (χ4v) is 3.82. The Morgan fingerprint density at radius 2 is 2.24 bits per heavy atom. The van der Waals surface area contributed by atoms with Crippen molar-refractivity contribution in [2.45, 2.75) is 25.0 Å². The molecule has 2 aromatic rings. The van der Waals surface area contributed by atoms with Gasteiger partial charge >= 0.3 is 5.97 Å². The molecule has 0 aromatic carbocycles. The van der Waals surface area contributed by atoms with Crippen LogP contribution in [0.3, 0.4) is 0 Å². The van der Waals surface area contributed by atoms with Crippen molar-refractivity contribution < 1.29 is 9.90 Å². The fourth-order valence-electron chi connectivity index (χ4n) is 2.09. The van der Waals surface area contributed by atoms with E-state index in [1.807, 2.05) is 22.1 Å². The second-order valence-electron chi connectivity index (χ2n) is 4.84. The van der Waals surface area contributed by atoms with Crippen LogP contribution in [-0.4, -0.2) is 26.4 Å². The molecule has 21 heavy (non-hydrogen) atoms. The number of carboxylic acid groups (broad SMARTS) is 1. The van der Waals surface area contributed by atoms with Crippen LogP contribution in [0.2, 0.25) is 0 Å². The molecule has 2 aromatic heterocycles. The number of carbonyl (C=O) groups is 1. The van der Waals surface area contributed by atoms with Crippen LogP contribution in [0.4, 0.5) is 0 Å². The molecular formula is C14H16N2O3S2. The average molecular weight is 324 g/mol. The third-order valence-corrected chi connectivity index (χ3v) is 4.79. The molecule has 5 nitrogen and oxygen atoms in total. The highest BCUT2D eigenvalue weighted by Crippen LogP contribution is 2.32. The summed E-state index contributed by atoms with van der Waals surface area (Å²) in [5, 5.41) is 11.3. The van der Waals surface area contributed by atoms with Gasteiger partial charge in [-0.1, -0.05) is 31.7 Å². The molecule has 0 spiro atoms. The molecule has 0 aliphatic rings. The normalized spacial score (nSPS) is 12.5. The predicted molar refractivity (Wildman–Crippen MR) is 84.2 cm³/mol. The van der Waals surface area contributed by atoms with E-state index >= 15 is 0 Å². The van der Waals surface area contributed by atoms with E-state index in [0.29, 0.717) is 5.16 Å². The molecule has 0 bridgehead atoms. The number of rotatable bonds is 6. The topological polar surface area (TPSA) is 72.2 Å². The van der Waals surface area contributed by atoms with Gasteiger partial charge in [-0.25, -0.2) is 0 Å². The molecule has 0 radical (unpaired) electrons. The number of thiophene rings is 1. The first-order chi connectivity index (χ1) is 9.99. The van der Waals surface area contributed by atoms with E-state index in [2.05, 4.69) is 18.8 Å². The highest BCUT2D eigenvalue weighted by molar-refractivity contribution is 7.99. The van der Waals surface area contributed by atoms with Crippen molar-refractivity contribution in [3.8, 4) is 0 Å². The Labute approximate surface area is 130 Å². The number of hydrogen-bond donors (Lipinski definition) is 1. The molecule has 112 valence electrons. The Balaban J connectivity index is 2.44. The number of aromatic nitrogens is 2. The Bertz CT molecular complexity index is 665. The molecule has 0 saturated heterocycles. The number of nitrogens with zero attached hydrogens (tertiary/aromatic N) is 2. The van der Waals surface area contributed by atoms with Gasteiger partial charge in [0.1, 0.15) is 0 Å². The van der Waals surface area contributed by atoms with Crippen molar-refractivity contribution in [1.29, 1.82) is 0 Å². The van der Waals surface area contributed by atoms with E-state index in [-0.39, 0.29) is 23.3 Å². The van der Waals surface area contributed by atoms with E-state index in [1.165, 1.54) is 6.07 Å². The Morgan fingerprint density at radius 3 is 2.81 bits per heavy atom. The van der Waals surface area contributed by atoms with Crippen molar-refractivity contribution in [2.24, 2.45) is 5.92 Å². The standard InChI is InChI=1S/C14H16N2O3S2/c1-9(2)13(10-4-3-7-20-10)16-6-5-11(17)15-14(16)21-8-12(18)19/h3-7,9,13H,8H2,1-2H3,(H,18,19). The Hall–Kier alpha value is -1.60. The van der Waals surface area contributed by atoms with Crippen LogP contribution in [0.1, 0.15) is 24.8 Å². The predicted octanol–water partition coefficient (Wildman–Crippen LogP) is 2.73. The summed E-state index contributed by atoms with van der Waals surface area (Å²) in [5.74, 6) is -0.759. The van der Waals surface area contributed by atoms with Crippen LogP contribution in [0.25, 0.3) is 0 Å². The lowest BCUT2D eigenvalue weighted by atomic mass is 10.0. The smallest absolute Gasteiger partial charge is 0.313 e. The van der Waals surface area contributed by atoms with Gasteiger partial charge in [0.25, 0.3) is 5.56 Å². The SMILES string of the molecule is CC(C)C(c1cccs1)n1ccc(=O)nc1SCC(=O)O. The quantitative estimate of drug-likeness (QED) is 0.653. The van der Waals surface area contributed by atoms with Crippen LogP contribution >= 0.6 is 23.1 Å². The molecule has 0 saturated carbocycles. The van der Waals surface area contributed by atoms with Gasteiger partial charge in [0.2, 0.25) is 0 Å². The summed E-state index contributed by atoms with van der Waals surface area (Å²) in [4.78, 5) is 27.4. The van der Waals surface area contributed by atoms with E-state index in [4.69, 9.17) is 5.11 Å². The summed E-state index contributed by atoms with van der Waals surface area (Å²) in [6.45, 7) is 4.18. The number of aliphatic carboxylic acids is 1. The summed E-state index contributed by atoms with van der Waals surface area (Å²) in [7, 11) is 0. The van der Waals surface area contributed by atoms with E-state index < -0.39 is 5.97 Å². The van der Waals surface area contributed by atoms with E-state index in [0.717, 1.165) is 16.6 Å². The minimum Gasteiger partial charge on any atom is -0.481 e. The van der Waals surface area contributed by atoms with Crippen molar-refractivity contribution in [2.75, 3.05) is 5.75 Å². The van der Waals surface area contributed by atoms with Crippen LogP contribution in [0.5, 0.6) is 0 Å². The fraction of sp³-hybridized carbons (Fsp3) is 0.357. The largest absolute Gasteiger partial charge is 0.481 e. The molecule has 7 heteroatoms. The first kappa shape index (κ1) is 15.8. The average Bonchev–Trinajstić information content (AvgIpc) is 2.92. The van der Waals surface area contributed by atoms with Crippen molar-refractivity contribution in [1.82, 2.24) is 9.55 Å². The zero-order valence-corrected chi connectivity index (χ0v) is 13.4. The molecule has 0 aliphatic heterocycles. The highest BCUT2D eigenvalue weighted by Gasteiger charge is 2.21. The third kappa shape index (κ3) is 3.95. The van der Waals surface area contributed by atoms with Crippen molar-refractivity contribution in [3.63, 3.8) is 0 Å². The first-order valence-corrected chi connectivity index (χ1v) is 8.32. The maximum atomic E-state index is 11.5. The Kier molecular flexibility index (Phi) is 5.19. The van der Waals surface area contributed by atoms with Gasteiger partial charge in [-0.2, -0.15) is 4.98 Å². The van der Waals surface area contributed by atoms with Gasteiger partial charge in [0.05, 0.1) is 11.8 Å². The van der Waals surface area contributed by atoms with Crippen LogP contribution < -0.4 is 5.56 Å². The second-order valence-corrected chi connectivity index (χ2v) is 6.76. The minimum absolute atomic E-state index is 0.0365. The van der Waals surface area contributed by atoms with Crippen molar-refractivity contribution >= 4 is 29.1 Å². The van der Waals surface area contributed by atoms with Gasteiger partial charge in [0, 0.05) is 17.1 Å². The van der Waals surface area contributed by atoms with Gasteiger partial charge in [-0.05, 0) is 17.4 Å². The second kappa shape index (κ2) is 6.91. The molecule has 0 amide bonds. The van der Waals surface area contributed by atoms with Crippen LogP contribution in [0.15, 0.2) is 39.7 Å². The molecular weight excluding hydrogens is 308 g/mol. The lowest BCUT2D eigenvalue weighted by Crippen LogP contribution is -2.22. The maximum absolute atomic E-state index is 11.5. The zero-order chi connectivity index (χ0) is 15.4. The molecule has 0 aliphatic carbocycles. The van der Waals surface area contributed by atoms with Gasteiger partial charge in [-0.15, -0.1) is 11.3 Å². The van der Waals surface area contributed by atoms with E-state index in [9.17, 15) is 9.59 Å². The zero-order valence-electron chi connectivity index (χ0n) is 11.7. The Morgan fingerprint density at radius 1 is 1.48 bits per heavy atom. The lowest BCUT2D eigenvalue weighted by molar-refractivity contribution is -0.133. The van der Waals surface area contributed by atoms with Gasteiger partial charge in [-0.3, -0.25) is 9.59 Å². The third-order valence-electron chi connectivity index (χ3n) is 2.90. The van der Waals surface area contributed by atoms with Gasteiger partial charge < -0.3 is 9.67 Å². The minimum atomic E-state index is -0.929. The first-order valence-electron chi connectivity index (χ1n) is 6.46. The molecule has 1 N–H and O–H groups in total. The monoisotopic (exact) mass is 324 g/mol. The maximum Gasteiger partial charge on any atom is 0.313 e. The summed E-state index contributed by atoms with van der Waals surface area (Å²) < 4.78 is 1.89. The number of carboxylic acids is 1. The van der Waals surface area contributed by atoms with Crippen molar-refractivity contribution in [3.05, 3.63) is 45.0 Å². The van der Waals surface area contributed by atoms with E-state index in [1.54, 1.807) is 17.5 Å². The molecule has 1 atom stereocenters. The van der Waals surface area contributed by atoms with Gasteiger partial charge in [0.15, 0.2) is 5.16 Å². The number of thioether (sulfide) groups is 1. The van der Waals surface area contributed by atoms with Crippen LogP contribution in [0, 0.1) is 5.92 Å². The summed E-state index contributed by atoms with van der Waals surface area (Å²) in [6.07, 6.45) is 1.70. The molecule has 1 unspecified atom stereocenters. The summed E-state index contributed by atoms with van der Waals surface area (Å²) in [6, 6.07) is 5.47. The molecule has 2 heterocycles. The lowest BCUT2D eigenvalue weighted by Gasteiger charge is -2.25. The summed E-state index contributed by atoms with van der Waals surface area (Å²) in [5.41, 5.74) is -0.354. The van der Waals surface area contributed by atoms with Crippen LogP contribution in [-0.2, 0) is 4.79 Å². The highest BCUT2D eigenvalue weighted by atomic mass is 32.2. The molecule has 2 rings (SSSR count). The number of hydrogen-bond acceptors (Lipinski definition) is 5. The summed E-state index contributed by atoms with van der Waals surface area (Å²) >= 11 is 2.71. The molecule has 0 fully saturated rings.